The van der Waals surface area contributed by atoms with E-state index in [-0.39, 0.29) is 12.3 Å². The number of furan rings is 1. The highest BCUT2D eigenvalue weighted by molar-refractivity contribution is 5.93. The van der Waals surface area contributed by atoms with E-state index >= 15 is 0 Å². The van der Waals surface area contributed by atoms with Crippen LogP contribution in [-0.4, -0.2) is 34.8 Å². The second-order valence-corrected chi connectivity index (χ2v) is 7.23. The van der Waals surface area contributed by atoms with Crippen LogP contribution in [-0.2, 0) is 4.79 Å². The van der Waals surface area contributed by atoms with Crippen molar-refractivity contribution in [2.45, 2.75) is 25.7 Å². The topological polar surface area (TPSA) is 119 Å². The summed E-state index contributed by atoms with van der Waals surface area (Å²) in [5.41, 5.74) is 4.06. The number of carbonyl (C=O) groups excluding carboxylic acids is 1. The second kappa shape index (κ2) is 9.97. The molecule has 0 fully saturated rings. The number of rotatable bonds is 10. The molecule has 4 rings (SSSR count). The minimum Gasteiger partial charge on any atom is -0.493 e. The third-order valence-corrected chi connectivity index (χ3v) is 5.07. The molecule has 9 heteroatoms. The maximum atomic E-state index is 11.1. The number of hydrogen-bond acceptors (Lipinski definition) is 8. The third-order valence-electron chi connectivity index (χ3n) is 5.07. The van der Waals surface area contributed by atoms with E-state index in [1.54, 1.807) is 18.9 Å². The van der Waals surface area contributed by atoms with Crippen LogP contribution in [0.5, 0.6) is 11.5 Å². The van der Waals surface area contributed by atoms with Gasteiger partial charge in [0.05, 0.1) is 25.5 Å². The van der Waals surface area contributed by atoms with E-state index in [4.69, 9.17) is 19.1 Å². The Morgan fingerprint density at radius 1 is 1.09 bits per heavy atom. The van der Waals surface area contributed by atoms with E-state index in [0.717, 1.165) is 40.4 Å². The zero-order chi connectivity index (χ0) is 22.3. The number of hydroxylamine groups is 1. The molecule has 166 valence electrons. The number of aromatic nitrogens is 2. The van der Waals surface area contributed by atoms with Crippen molar-refractivity contribution in [3.63, 3.8) is 0 Å². The molecule has 32 heavy (non-hydrogen) atoms. The van der Waals surface area contributed by atoms with Crippen LogP contribution in [0.25, 0.3) is 21.9 Å². The predicted molar refractivity (Wildman–Crippen MR) is 119 cm³/mol. The molecule has 4 aromatic rings. The Balaban J connectivity index is 1.50. The average Bonchev–Trinajstić information content (AvgIpc) is 3.28. The molecule has 9 nitrogen and oxygen atoms in total. The molecule has 2 aromatic carbocycles. The fourth-order valence-electron chi connectivity index (χ4n) is 3.42. The summed E-state index contributed by atoms with van der Waals surface area (Å²) in [5.74, 6) is 1.45. The van der Waals surface area contributed by atoms with Gasteiger partial charge >= 0.3 is 0 Å². The summed E-state index contributed by atoms with van der Waals surface area (Å²) < 4.78 is 16.8. The predicted octanol–water partition coefficient (Wildman–Crippen LogP) is 4.57. The molecule has 0 saturated heterocycles. The van der Waals surface area contributed by atoms with Gasteiger partial charge in [-0.3, -0.25) is 10.0 Å². The molecule has 0 spiro atoms. The van der Waals surface area contributed by atoms with E-state index in [1.165, 1.54) is 6.33 Å². The number of benzene rings is 2. The fourth-order valence-corrected chi connectivity index (χ4v) is 3.42. The first-order valence-corrected chi connectivity index (χ1v) is 10.3. The van der Waals surface area contributed by atoms with Crippen molar-refractivity contribution in [3.05, 3.63) is 49.0 Å². The summed E-state index contributed by atoms with van der Waals surface area (Å²) in [4.78, 5) is 19.8. The first-order valence-electron chi connectivity index (χ1n) is 10.3. The SMILES string of the molecule is COc1cc2ncnc(Nc3ccc4occc4c3)c2cc1OCCCCCC(=O)NO. The van der Waals surface area contributed by atoms with Crippen molar-refractivity contribution in [3.8, 4) is 11.5 Å². The Hall–Kier alpha value is -3.85. The molecule has 0 aliphatic carbocycles. The Labute approximate surface area is 184 Å². The third kappa shape index (κ3) is 4.89. The molecule has 0 bridgehead atoms. The van der Waals surface area contributed by atoms with Crippen LogP contribution >= 0.6 is 0 Å². The van der Waals surface area contributed by atoms with Gasteiger partial charge in [0.1, 0.15) is 17.7 Å². The van der Waals surface area contributed by atoms with Crippen molar-refractivity contribution in [2.75, 3.05) is 19.0 Å². The second-order valence-electron chi connectivity index (χ2n) is 7.23. The molecule has 0 unspecified atom stereocenters. The minimum absolute atomic E-state index is 0.284. The molecular formula is C23H24N4O5. The number of anilines is 2. The lowest BCUT2D eigenvalue weighted by atomic mass is 10.2. The lowest BCUT2D eigenvalue weighted by Gasteiger charge is -2.14. The number of nitrogens with zero attached hydrogens (tertiary/aromatic N) is 2. The summed E-state index contributed by atoms with van der Waals surface area (Å²) in [5, 5.41) is 13.7. The van der Waals surface area contributed by atoms with Crippen molar-refractivity contribution in [1.82, 2.24) is 15.4 Å². The molecular weight excluding hydrogens is 412 g/mol. The average molecular weight is 436 g/mol. The molecule has 0 radical (unpaired) electrons. The molecule has 3 N–H and O–H groups in total. The number of nitrogens with one attached hydrogen (secondary N) is 2. The molecule has 0 aliphatic heterocycles. The van der Waals surface area contributed by atoms with Gasteiger partial charge in [-0.15, -0.1) is 0 Å². The van der Waals surface area contributed by atoms with Crippen LogP contribution in [0.2, 0.25) is 0 Å². The molecule has 2 aromatic heterocycles. The van der Waals surface area contributed by atoms with Crippen LogP contribution < -0.4 is 20.3 Å². The van der Waals surface area contributed by atoms with Crippen molar-refractivity contribution in [2.24, 2.45) is 0 Å². The van der Waals surface area contributed by atoms with Crippen molar-refractivity contribution >= 4 is 39.3 Å². The molecule has 0 aliphatic rings. The normalized spacial score (nSPS) is 10.9. The van der Waals surface area contributed by atoms with E-state index in [9.17, 15) is 4.79 Å². The smallest absolute Gasteiger partial charge is 0.243 e. The Kier molecular flexibility index (Phi) is 6.66. The van der Waals surface area contributed by atoms with Gasteiger partial charge in [0, 0.05) is 28.9 Å². The number of fused-ring (bicyclic) bond motifs is 2. The van der Waals surface area contributed by atoms with E-state index in [2.05, 4.69) is 15.3 Å². The molecule has 1 amide bonds. The number of carbonyl (C=O) groups is 1. The number of unbranched alkanes of at least 4 members (excludes halogenated alkanes) is 2. The Morgan fingerprint density at radius 2 is 2.00 bits per heavy atom. The van der Waals surface area contributed by atoms with Gasteiger partial charge in [0.25, 0.3) is 0 Å². The minimum atomic E-state index is -0.380. The van der Waals surface area contributed by atoms with Gasteiger partial charge in [-0.25, -0.2) is 15.4 Å². The maximum Gasteiger partial charge on any atom is 0.243 e. The van der Waals surface area contributed by atoms with Crippen LogP contribution in [0.4, 0.5) is 11.5 Å². The van der Waals surface area contributed by atoms with Gasteiger partial charge in [-0.05, 0) is 49.6 Å². The van der Waals surface area contributed by atoms with E-state index in [0.29, 0.717) is 30.3 Å². The number of methoxy groups -OCH3 is 1. The van der Waals surface area contributed by atoms with Gasteiger partial charge in [-0.2, -0.15) is 0 Å². The highest BCUT2D eigenvalue weighted by atomic mass is 16.5. The molecule has 0 saturated carbocycles. The highest BCUT2D eigenvalue weighted by Gasteiger charge is 2.12. The fraction of sp³-hybridized carbons (Fsp3) is 0.261. The zero-order valence-electron chi connectivity index (χ0n) is 17.6. The number of hydrogen-bond donors (Lipinski definition) is 3. The number of ether oxygens (including phenoxy) is 2. The van der Waals surface area contributed by atoms with Gasteiger partial charge < -0.3 is 19.2 Å². The van der Waals surface area contributed by atoms with Crippen molar-refractivity contribution < 1.29 is 23.9 Å². The largest absolute Gasteiger partial charge is 0.493 e. The summed E-state index contributed by atoms with van der Waals surface area (Å²) in [6, 6.07) is 11.4. The van der Waals surface area contributed by atoms with E-state index in [1.807, 2.05) is 36.4 Å². The molecule has 0 atom stereocenters. The van der Waals surface area contributed by atoms with Crippen LogP contribution in [0.15, 0.2) is 53.4 Å². The van der Waals surface area contributed by atoms with Crippen molar-refractivity contribution in [1.29, 1.82) is 0 Å². The van der Waals surface area contributed by atoms with Crippen LogP contribution in [0.1, 0.15) is 25.7 Å². The zero-order valence-corrected chi connectivity index (χ0v) is 17.6. The van der Waals surface area contributed by atoms with Crippen LogP contribution in [0.3, 0.4) is 0 Å². The summed E-state index contributed by atoms with van der Waals surface area (Å²) in [6.45, 7) is 0.468. The van der Waals surface area contributed by atoms with Gasteiger partial charge in [0.15, 0.2) is 11.5 Å². The Morgan fingerprint density at radius 3 is 2.84 bits per heavy atom. The lowest BCUT2D eigenvalue weighted by molar-refractivity contribution is -0.129. The summed E-state index contributed by atoms with van der Waals surface area (Å²) >= 11 is 0. The monoisotopic (exact) mass is 436 g/mol. The van der Waals surface area contributed by atoms with Gasteiger partial charge in [0.2, 0.25) is 5.91 Å². The maximum absolute atomic E-state index is 11.1. The van der Waals surface area contributed by atoms with E-state index < -0.39 is 0 Å². The first-order chi connectivity index (χ1) is 15.7. The highest BCUT2D eigenvalue weighted by Crippen LogP contribution is 2.35. The summed E-state index contributed by atoms with van der Waals surface area (Å²) in [7, 11) is 1.59. The van der Waals surface area contributed by atoms with Gasteiger partial charge in [-0.1, -0.05) is 0 Å². The number of amides is 1. The lowest BCUT2D eigenvalue weighted by Crippen LogP contribution is -2.17. The Bertz CT molecular complexity index is 1220. The first kappa shape index (κ1) is 21.4. The molecule has 2 heterocycles. The van der Waals surface area contributed by atoms with Crippen LogP contribution in [0, 0.1) is 0 Å². The standard InChI is InChI=1S/C23H24N4O5/c1-30-20-13-18-17(12-21(20)31-9-4-2-3-5-22(28)27-29)23(25-14-24-18)26-16-6-7-19-15(11-16)8-10-32-19/h6-8,10-14,29H,2-5,9H2,1H3,(H,27,28)(H,24,25,26). The quantitative estimate of drug-likeness (QED) is 0.188. The summed E-state index contributed by atoms with van der Waals surface area (Å²) in [6.07, 6.45) is 5.69.